The Labute approximate surface area is 169 Å². The molecule has 0 N–H and O–H groups in total. The van der Waals surface area contributed by atoms with Crippen LogP contribution in [0.2, 0.25) is 0 Å². The molecule has 5 nitrogen and oxygen atoms in total. The second-order valence-corrected chi connectivity index (χ2v) is 8.13. The van der Waals surface area contributed by atoms with Crippen molar-refractivity contribution in [2.24, 2.45) is 7.05 Å². The second-order valence-electron chi connectivity index (χ2n) is 7.18. The van der Waals surface area contributed by atoms with Crippen LogP contribution in [0.4, 0.5) is 0 Å². The van der Waals surface area contributed by atoms with Crippen LogP contribution in [0.1, 0.15) is 35.7 Å². The lowest BCUT2D eigenvalue weighted by Gasteiger charge is -2.23. The van der Waals surface area contributed by atoms with Gasteiger partial charge in [0.15, 0.2) is 5.16 Å². The van der Waals surface area contributed by atoms with Crippen molar-refractivity contribution < 1.29 is 4.79 Å². The summed E-state index contributed by atoms with van der Waals surface area (Å²) in [5.74, 6) is 2.06. The summed E-state index contributed by atoms with van der Waals surface area (Å²) in [4.78, 5) is 14.9. The fourth-order valence-corrected chi connectivity index (χ4v) is 4.03. The molecule has 0 spiro atoms. The van der Waals surface area contributed by atoms with Gasteiger partial charge in [-0.3, -0.25) is 4.79 Å². The predicted octanol–water partition coefficient (Wildman–Crippen LogP) is 4.01. The van der Waals surface area contributed by atoms with Gasteiger partial charge in [0.1, 0.15) is 5.82 Å². The minimum absolute atomic E-state index is 0.105. The van der Waals surface area contributed by atoms with E-state index in [2.05, 4.69) is 34.5 Å². The number of hydrogen-bond donors (Lipinski definition) is 0. The number of hydrogen-bond acceptors (Lipinski definition) is 4. The van der Waals surface area contributed by atoms with Crippen LogP contribution in [0.15, 0.2) is 65.8 Å². The van der Waals surface area contributed by atoms with Crippen LogP contribution in [-0.4, -0.2) is 31.3 Å². The van der Waals surface area contributed by atoms with Crippen molar-refractivity contribution in [2.45, 2.75) is 37.0 Å². The van der Waals surface area contributed by atoms with E-state index in [0.29, 0.717) is 24.8 Å². The summed E-state index contributed by atoms with van der Waals surface area (Å²) >= 11 is 1.47. The molecule has 4 rings (SSSR count). The Kier molecular flexibility index (Phi) is 5.76. The molecule has 2 aromatic carbocycles. The third-order valence-electron chi connectivity index (χ3n) is 4.92. The molecule has 1 amide bonds. The zero-order valence-electron chi connectivity index (χ0n) is 16.0. The Hall–Kier alpha value is -2.60. The molecule has 1 saturated carbocycles. The highest BCUT2D eigenvalue weighted by Crippen LogP contribution is 2.39. The molecule has 1 aliphatic rings. The average molecular weight is 393 g/mol. The Balaban J connectivity index is 1.44. The summed E-state index contributed by atoms with van der Waals surface area (Å²) in [6, 6.07) is 20.3. The second kappa shape index (κ2) is 8.61. The molecule has 3 aromatic rings. The summed E-state index contributed by atoms with van der Waals surface area (Å²) in [6.45, 7) is 1.20. The van der Waals surface area contributed by atoms with E-state index in [0.717, 1.165) is 22.1 Å². The van der Waals surface area contributed by atoms with Crippen molar-refractivity contribution in [2.75, 3.05) is 5.75 Å². The Morgan fingerprint density at radius 1 is 1.00 bits per heavy atom. The molecule has 1 aliphatic carbocycles. The van der Waals surface area contributed by atoms with E-state index in [9.17, 15) is 4.79 Å². The SMILES string of the molecule is Cn1c(SCC(=O)N(Cc2ccccc2)Cc2ccccc2)nnc1C1CC1. The number of benzene rings is 2. The van der Waals surface area contributed by atoms with Crippen molar-refractivity contribution in [3.05, 3.63) is 77.6 Å². The summed E-state index contributed by atoms with van der Waals surface area (Å²) in [5.41, 5.74) is 2.26. The number of aromatic nitrogens is 3. The molecule has 144 valence electrons. The van der Waals surface area contributed by atoms with E-state index in [1.54, 1.807) is 0 Å². The van der Waals surface area contributed by atoms with Gasteiger partial charge in [0.05, 0.1) is 5.75 Å². The Bertz CT molecular complexity index is 881. The standard InChI is InChI=1S/C22H24N4OS/c1-25-21(19-12-13-19)23-24-22(25)28-16-20(27)26(14-17-8-4-2-5-9-17)15-18-10-6-3-7-11-18/h2-11,19H,12-16H2,1H3. The first kappa shape index (κ1) is 18.7. The van der Waals surface area contributed by atoms with Gasteiger partial charge in [-0.25, -0.2) is 0 Å². The van der Waals surface area contributed by atoms with Crippen molar-refractivity contribution in [3.8, 4) is 0 Å². The molecular weight excluding hydrogens is 368 g/mol. The highest BCUT2D eigenvalue weighted by molar-refractivity contribution is 7.99. The molecule has 0 radical (unpaired) electrons. The van der Waals surface area contributed by atoms with E-state index < -0.39 is 0 Å². The van der Waals surface area contributed by atoms with E-state index in [4.69, 9.17) is 0 Å². The highest BCUT2D eigenvalue weighted by atomic mass is 32.2. The zero-order valence-corrected chi connectivity index (χ0v) is 16.8. The maximum atomic E-state index is 13.0. The first-order valence-electron chi connectivity index (χ1n) is 9.58. The van der Waals surface area contributed by atoms with Crippen LogP contribution in [0.3, 0.4) is 0 Å². The molecule has 1 aromatic heterocycles. The van der Waals surface area contributed by atoms with Crippen molar-refractivity contribution in [1.29, 1.82) is 0 Å². The van der Waals surface area contributed by atoms with Crippen molar-refractivity contribution >= 4 is 17.7 Å². The molecule has 0 saturated heterocycles. The Morgan fingerprint density at radius 2 is 1.57 bits per heavy atom. The number of thioether (sulfide) groups is 1. The quantitative estimate of drug-likeness (QED) is 0.544. The van der Waals surface area contributed by atoms with E-state index in [-0.39, 0.29) is 5.91 Å². The molecule has 1 heterocycles. The van der Waals surface area contributed by atoms with Gasteiger partial charge in [0.2, 0.25) is 5.91 Å². The summed E-state index contributed by atoms with van der Waals surface area (Å²) in [6.07, 6.45) is 2.38. The minimum Gasteiger partial charge on any atom is -0.333 e. The number of nitrogens with zero attached hydrogens (tertiary/aromatic N) is 4. The molecular formula is C22H24N4OS. The largest absolute Gasteiger partial charge is 0.333 e. The van der Waals surface area contributed by atoms with Gasteiger partial charge in [-0.15, -0.1) is 10.2 Å². The minimum atomic E-state index is 0.105. The molecule has 28 heavy (non-hydrogen) atoms. The van der Waals surface area contributed by atoms with Gasteiger partial charge in [-0.1, -0.05) is 72.4 Å². The summed E-state index contributed by atoms with van der Waals surface area (Å²) in [5, 5.41) is 9.40. The number of carbonyl (C=O) groups excluding carboxylic acids is 1. The van der Waals surface area contributed by atoms with Crippen LogP contribution in [0.5, 0.6) is 0 Å². The van der Waals surface area contributed by atoms with Crippen LogP contribution in [0.25, 0.3) is 0 Å². The average Bonchev–Trinajstić information content (AvgIpc) is 3.50. The van der Waals surface area contributed by atoms with Gasteiger partial charge in [0.25, 0.3) is 0 Å². The smallest absolute Gasteiger partial charge is 0.233 e. The lowest BCUT2D eigenvalue weighted by molar-refractivity contribution is -0.129. The molecule has 0 bridgehead atoms. The molecule has 0 atom stereocenters. The van der Waals surface area contributed by atoms with Gasteiger partial charge in [-0.2, -0.15) is 0 Å². The molecule has 6 heteroatoms. The molecule has 0 aliphatic heterocycles. The monoisotopic (exact) mass is 392 g/mol. The van der Waals surface area contributed by atoms with Gasteiger partial charge >= 0.3 is 0 Å². The van der Waals surface area contributed by atoms with Crippen LogP contribution in [0, 0.1) is 0 Å². The summed E-state index contributed by atoms with van der Waals surface area (Å²) < 4.78 is 2.04. The van der Waals surface area contributed by atoms with E-state index in [1.165, 1.54) is 24.6 Å². The Morgan fingerprint density at radius 3 is 2.11 bits per heavy atom. The number of carbonyl (C=O) groups is 1. The molecule has 0 unspecified atom stereocenters. The molecule has 1 fully saturated rings. The van der Waals surface area contributed by atoms with Gasteiger partial charge < -0.3 is 9.47 Å². The highest BCUT2D eigenvalue weighted by Gasteiger charge is 2.29. The first-order valence-corrected chi connectivity index (χ1v) is 10.6. The fraction of sp³-hybridized carbons (Fsp3) is 0.318. The maximum absolute atomic E-state index is 13.0. The zero-order chi connectivity index (χ0) is 19.3. The summed E-state index contributed by atoms with van der Waals surface area (Å²) in [7, 11) is 1.99. The predicted molar refractivity (Wildman–Crippen MR) is 111 cm³/mol. The van der Waals surface area contributed by atoms with E-state index in [1.807, 2.05) is 52.9 Å². The maximum Gasteiger partial charge on any atom is 0.233 e. The van der Waals surface area contributed by atoms with Crippen LogP contribution in [-0.2, 0) is 24.9 Å². The number of rotatable bonds is 8. The fourth-order valence-electron chi connectivity index (χ4n) is 3.21. The van der Waals surface area contributed by atoms with E-state index >= 15 is 0 Å². The van der Waals surface area contributed by atoms with Gasteiger partial charge in [0, 0.05) is 26.1 Å². The third kappa shape index (κ3) is 4.62. The van der Waals surface area contributed by atoms with Crippen LogP contribution >= 0.6 is 11.8 Å². The van der Waals surface area contributed by atoms with Gasteiger partial charge in [-0.05, 0) is 24.0 Å². The van der Waals surface area contributed by atoms with Crippen LogP contribution < -0.4 is 0 Å². The van der Waals surface area contributed by atoms with Crippen molar-refractivity contribution in [3.63, 3.8) is 0 Å². The third-order valence-corrected chi connectivity index (χ3v) is 5.93. The topological polar surface area (TPSA) is 51.0 Å². The van der Waals surface area contributed by atoms with Crippen molar-refractivity contribution in [1.82, 2.24) is 19.7 Å². The number of amides is 1. The normalized spacial score (nSPS) is 13.5. The first-order chi connectivity index (χ1) is 13.7. The lowest BCUT2D eigenvalue weighted by Crippen LogP contribution is -2.31. The lowest BCUT2D eigenvalue weighted by atomic mass is 10.1.